The number of amides is 3. The third kappa shape index (κ3) is 4.29. The minimum atomic E-state index is -0.509. The summed E-state index contributed by atoms with van der Waals surface area (Å²) < 4.78 is 0. The molecule has 0 saturated heterocycles. The van der Waals surface area contributed by atoms with Gasteiger partial charge in [0.05, 0.1) is 17.8 Å². The number of urea groups is 1. The molecular weight excluding hydrogens is 264 g/mol. The van der Waals surface area contributed by atoms with Gasteiger partial charge in [0.15, 0.2) is 0 Å². The number of hydrogen-bond acceptors (Lipinski definition) is 5. The molecule has 0 bridgehead atoms. The summed E-state index contributed by atoms with van der Waals surface area (Å²) in [5.41, 5.74) is 0.591. The van der Waals surface area contributed by atoms with E-state index in [9.17, 15) is 9.59 Å². The highest BCUT2D eigenvalue weighted by Gasteiger charge is 2.25. The van der Waals surface area contributed by atoms with E-state index >= 15 is 0 Å². The molecule has 0 aromatic carbocycles. The van der Waals surface area contributed by atoms with Gasteiger partial charge in [0.1, 0.15) is 5.01 Å². The van der Waals surface area contributed by atoms with Crippen LogP contribution in [0.1, 0.15) is 29.4 Å². The van der Waals surface area contributed by atoms with Crippen molar-refractivity contribution in [2.24, 2.45) is 0 Å². The maximum Gasteiger partial charge on any atom is 0.321 e. The Balaban J connectivity index is 2.60. The molecule has 0 saturated carbocycles. The molecule has 6 nitrogen and oxygen atoms in total. The van der Waals surface area contributed by atoms with E-state index in [0.717, 1.165) is 10.7 Å². The van der Waals surface area contributed by atoms with Crippen molar-refractivity contribution in [3.63, 3.8) is 0 Å². The van der Waals surface area contributed by atoms with Gasteiger partial charge in [0, 0.05) is 11.9 Å². The van der Waals surface area contributed by atoms with E-state index in [0.29, 0.717) is 0 Å². The maximum absolute atomic E-state index is 11.5. The molecule has 0 aliphatic carbocycles. The second-order valence-corrected chi connectivity index (χ2v) is 5.97. The van der Waals surface area contributed by atoms with E-state index in [1.807, 2.05) is 27.7 Å². The number of thiazole rings is 1. The van der Waals surface area contributed by atoms with Gasteiger partial charge in [-0.2, -0.15) is 0 Å². The predicted molar refractivity (Wildman–Crippen MR) is 75.2 cm³/mol. The summed E-state index contributed by atoms with van der Waals surface area (Å²) in [4.78, 5) is 28.1. The number of rotatable bonds is 4. The zero-order chi connectivity index (χ0) is 14.6. The largest absolute Gasteiger partial charge is 0.341 e. The fraction of sp³-hybridized carbons (Fsp3) is 0.583. The van der Waals surface area contributed by atoms with Crippen molar-refractivity contribution in [2.45, 2.75) is 33.2 Å². The molecule has 0 unspecified atom stereocenters. The zero-order valence-corrected chi connectivity index (χ0v) is 12.7. The minimum absolute atomic E-state index is 0.0537. The Hall–Kier alpha value is -1.47. The molecule has 3 amide bonds. The molecule has 3 N–H and O–H groups in total. The summed E-state index contributed by atoms with van der Waals surface area (Å²) in [6, 6.07) is -0.509. The number of hydrogen-bond donors (Lipinski definition) is 3. The van der Waals surface area contributed by atoms with Crippen molar-refractivity contribution in [2.75, 3.05) is 13.6 Å². The van der Waals surface area contributed by atoms with Gasteiger partial charge in [-0.15, -0.1) is 11.3 Å². The van der Waals surface area contributed by atoms with Gasteiger partial charge in [-0.1, -0.05) is 0 Å². The van der Waals surface area contributed by atoms with Crippen LogP contribution in [-0.2, 0) is 10.3 Å². The lowest BCUT2D eigenvalue weighted by molar-refractivity contribution is -0.119. The fourth-order valence-corrected chi connectivity index (χ4v) is 2.34. The van der Waals surface area contributed by atoms with Crippen molar-refractivity contribution >= 4 is 23.3 Å². The Morgan fingerprint density at radius 3 is 2.42 bits per heavy atom. The van der Waals surface area contributed by atoms with E-state index in [4.69, 9.17) is 0 Å². The van der Waals surface area contributed by atoms with Gasteiger partial charge in [-0.05, 0) is 27.7 Å². The van der Waals surface area contributed by atoms with Crippen LogP contribution in [0.3, 0.4) is 0 Å². The van der Waals surface area contributed by atoms with E-state index in [2.05, 4.69) is 20.9 Å². The van der Waals surface area contributed by atoms with Crippen LogP contribution in [0.2, 0.25) is 0 Å². The number of carbonyl (C=O) groups is 2. The maximum atomic E-state index is 11.5. The lowest BCUT2D eigenvalue weighted by atomic mass is 10.1. The summed E-state index contributed by atoms with van der Waals surface area (Å²) in [6.07, 6.45) is 0. The standard InChI is InChI=1S/C12H20N4O2S/c1-7-8(2)19-10(15-7)12(3,4)14-6-9(17)16-11(18)13-5/h14H,6H2,1-5H3,(H2,13,16,17,18). The van der Waals surface area contributed by atoms with Crippen molar-refractivity contribution in [1.82, 2.24) is 20.9 Å². The van der Waals surface area contributed by atoms with Gasteiger partial charge in [-0.3, -0.25) is 15.4 Å². The van der Waals surface area contributed by atoms with Crippen LogP contribution in [0, 0.1) is 13.8 Å². The Morgan fingerprint density at radius 1 is 1.32 bits per heavy atom. The normalized spacial score (nSPS) is 11.2. The highest BCUT2D eigenvalue weighted by Crippen LogP contribution is 2.26. The lowest BCUT2D eigenvalue weighted by Crippen LogP contribution is -2.46. The second-order valence-electron chi connectivity index (χ2n) is 4.77. The van der Waals surface area contributed by atoms with Crippen LogP contribution in [0.25, 0.3) is 0 Å². The molecule has 0 spiro atoms. The van der Waals surface area contributed by atoms with Crippen LogP contribution < -0.4 is 16.0 Å². The Labute approximate surface area is 117 Å². The van der Waals surface area contributed by atoms with Crippen molar-refractivity contribution in [3.05, 3.63) is 15.6 Å². The molecule has 0 radical (unpaired) electrons. The molecular formula is C12H20N4O2S. The third-order valence-corrected chi connectivity index (χ3v) is 4.13. The Bertz CT molecular complexity index is 463. The van der Waals surface area contributed by atoms with Gasteiger partial charge in [0.2, 0.25) is 5.91 Å². The number of aromatic nitrogens is 1. The van der Waals surface area contributed by atoms with Gasteiger partial charge in [0.25, 0.3) is 0 Å². The molecule has 1 aromatic heterocycles. The highest BCUT2D eigenvalue weighted by molar-refractivity contribution is 7.11. The van der Waals surface area contributed by atoms with Crippen LogP contribution in [0.5, 0.6) is 0 Å². The van der Waals surface area contributed by atoms with Gasteiger partial charge in [-0.25, -0.2) is 9.78 Å². The lowest BCUT2D eigenvalue weighted by Gasteiger charge is -2.23. The zero-order valence-electron chi connectivity index (χ0n) is 11.9. The molecule has 106 valence electrons. The third-order valence-electron chi connectivity index (χ3n) is 2.73. The van der Waals surface area contributed by atoms with E-state index in [1.54, 1.807) is 11.3 Å². The van der Waals surface area contributed by atoms with Gasteiger partial charge >= 0.3 is 6.03 Å². The first-order valence-electron chi connectivity index (χ1n) is 5.97. The van der Waals surface area contributed by atoms with E-state index in [1.165, 1.54) is 11.9 Å². The fourth-order valence-electron chi connectivity index (χ4n) is 1.35. The van der Waals surface area contributed by atoms with Crippen molar-refractivity contribution in [1.29, 1.82) is 0 Å². The molecule has 1 aromatic rings. The molecule has 0 atom stereocenters. The van der Waals surface area contributed by atoms with Gasteiger partial charge < -0.3 is 5.32 Å². The smallest absolute Gasteiger partial charge is 0.321 e. The quantitative estimate of drug-likeness (QED) is 0.771. The van der Waals surface area contributed by atoms with Crippen LogP contribution in [0.15, 0.2) is 0 Å². The molecule has 7 heteroatoms. The molecule has 1 heterocycles. The van der Waals surface area contributed by atoms with Crippen LogP contribution in [0.4, 0.5) is 4.79 Å². The van der Waals surface area contributed by atoms with E-state index in [-0.39, 0.29) is 12.5 Å². The predicted octanol–water partition coefficient (Wildman–Crippen LogP) is 1.04. The average Bonchev–Trinajstić information content (AvgIpc) is 2.68. The number of nitrogens with zero attached hydrogens (tertiary/aromatic N) is 1. The summed E-state index contributed by atoms with van der Waals surface area (Å²) in [7, 11) is 1.46. The second kappa shape index (κ2) is 6.12. The summed E-state index contributed by atoms with van der Waals surface area (Å²) >= 11 is 1.61. The van der Waals surface area contributed by atoms with Crippen LogP contribution in [-0.4, -0.2) is 30.5 Å². The number of imide groups is 1. The Morgan fingerprint density at radius 2 is 1.95 bits per heavy atom. The topological polar surface area (TPSA) is 83.1 Å². The highest BCUT2D eigenvalue weighted by atomic mass is 32.1. The monoisotopic (exact) mass is 284 g/mol. The average molecular weight is 284 g/mol. The molecule has 0 aliphatic heterocycles. The van der Waals surface area contributed by atoms with Crippen molar-refractivity contribution in [3.8, 4) is 0 Å². The van der Waals surface area contributed by atoms with Crippen molar-refractivity contribution < 1.29 is 9.59 Å². The summed E-state index contributed by atoms with van der Waals surface area (Å²) in [5.74, 6) is -0.377. The first-order valence-corrected chi connectivity index (χ1v) is 6.79. The molecule has 1 rings (SSSR count). The number of nitrogens with one attached hydrogen (secondary N) is 3. The number of aryl methyl sites for hydroxylation is 2. The van der Waals surface area contributed by atoms with E-state index < -0.39 is 11.6 Å². The summed E-state index contributed by atoms with van der Waals surface area (Å²) in [6.45, 7) is 7.95. The first kappa shape index (κ1) is 15.6. The number of carbonyl (C=O) groups excluding carboxylic acids is 2. The first-order chi connectivity index (χ1) is 8.76. The summed E-state index contributed by atoms with van der Waals surface area (Å²) in [5, 5.41) is 8.56. The van der Waals surface area contributed by atoms with Crippen LogP contribution >= 0.6 is 11.3 Å². The Kier molecular flexibility index (Phi) is 5.02. The molecule has 19 heavy (non-hydrogen) atoms. The molecule has 0 aliphatic rings. The molecule has 0 fully saturated rings. The SMILES string of the molecule is CNC(=O)NC(=O)CNC(C)(C)c1nc(C)c(C)s1. The minimum Gasteiger partial charge on any atom is -0.341 e.